The fraction of sp³-hybridized carbons (Fsp3) is 0.769. The number of carbonyl (C=O) groups excluding carboxylic acids is 1. The molecule has 0 heterocycles. The Hall–Kier alpha value is -0.590. The van der Waals surface area contributed by atoms with E-state index in [-0.39, 0.29) is 0 Å². The summed E-state index contributed by atoms with van der Waals surface area (Å²) in [4.78, 5) is 10.3. The number of aldehydes is 1. The Bertz CT molecular complexity index is 170. The Balaban J connectivity index is 3.43. The first kappa shape index (κ1) is 13.4. The predicted molar refractivity (Wildman–Crippen MR) is 62.4 cm³/mol. The van der Waals surface area contributed by atoms with E-state index in [0.29, 0.717) is 0 Å². The molecule has 1 nitrogen and oxygen atoms in total. The largest absolute Gasteiger partial charge is 0.298 e. The Labute approximate surface area is 88.6 Å². The molecule has 0 aromatic heterocycles. The van der Waals surface area contributed by atoms with E-state index in [2.05, 4.69) is 13.8 Å². The van der Waals surface area contributed by atoms with Crippen molar-refractivity contribution < 1.29 is 4.79 Å². The van der Waals surface area contributed by atoms with Crippen LogP contribution in [-0.4, -0.2) is 6.29 Å². The predicted octanol–water partition coefficient (Wildman–Crippen LogP) is 4.13. The van der Waals surface area contributed by atoms with Gasteiger partial charge in [0.05, 0.1) is 0 Å². The van der Waals surface area contributed by atoms with Gasteiger partial charge in [-0.2, -0.15) is 0 Å². The van der Waals surface area contributed by atoms with Gasteiger partial charge >= 0.3 is 0 Å². The third-order valence-corrected chi connectivity index (χ3v) is 2.61. The summed E-state index contributed by atoms with van der Waals surface area (Å²) in [5.74, 6) is 0.803. The molecule has 0 saturated heterocycles. The summed E-state index contributed by atoms with van der Waals surface area (Å²) in [7, 11) is 0. The molecule has 0 aromatic carbocycles. The molecule has 0 aliphatic rings. The number of allylic oxidation sites excluding steroid dienone is 2. The summed E-state index contributed by atoms with van der Waals surface area (Å²) in [6, 6.07) is 0. The molecule has 1 atom stereocenters. The topological polar surface area (TPSA) is 17.1 Å². The molecular weight excluding hydrogens is 172 g/mol. The van der Waals surface area contributed by atoms with E-state index in [0.717, 1.165) is 24.2 Å². The molecule has 0 amide bonds. The van der Waals surface area contributed by atoms with Gasteiger partial charge in [0, 0.05) is 0 Å². The third kappa shape index (κ3) is 8.03. The van der Waals surface area contributed by atoms with Crippen molar-refractivity contribution in [2.24, 2.45) is 5.92 Å². The Morgan fingerprint density at radius 1 is 1.29 bits per heavy atom. The molecule has 0 radical (unpaired) electrons. The van der Waals surface area contributed by atoms with Gasteiger partial charge in [-0.15, -0.1) is 0 Å². The lowest BCUT2D eigenvalue weighted by molar-refractivity contribution is -0.104. The SMILES string of the molecule is CCCCCC(C)CCC=C(C)C=O. The van der Waals surface area contributed by atoms with Gasteiger partial charge in [0.15, 0.2) is 0 Å². The Morgan fingerprint density at radius 2 is 2.00 bits per heavy atom. The van der Waals surface area contributed by atoms with Gasteiger partial charge < -0.3 is 0 Å². The summed E-state index contributed by atoms with van der Waals surface area (Å²) < 4.78 is 0. The van der Waals surface area contributed by atoms with Gasteiger partial charge in [0.2, 0.25) is 0 Å². The summed E-state index contributed by atoms with van der Waals surface area (Å²) in [6.45, 7) is 6.41. The van der Waals surface area contributed by atoms with Crippen LogP contribution in [0.3, 0.4) is 0 Å². The van der Waals surface area contributed by atoms with Crippen molar-refractivity contribution in [3.63, 3.8) is 0 Å². The summed E-state index contributed by atoms with van der Waals surface area (Å²) >= 11 is 0. The van der Waals surface area contributed by atoms with Crippen LogP contribution in [0.25, 0.3) is 0 Å². The highest BCUT2D eigenvalue weighted by molar-refractivity contribution is 5.71. The maximum atomic E-state index is 10.3. The van der Waals surface area contributed by atoms with Gasteiger partial charge in [0.1, 0.15) is 6.29 Å². The fourth-order valence-corrected chi connectivity index (χ4v) is 1.53. The molecule has 14 heavy (non-hydrogen) atoms. The van der Waals surface area contributed by atoms with Crippen LogP contribution in [0.15, 0.2) is 11.6 Å². The quantitative estimate of drug-likeness (QED) is 0.324. The molecule has 0 bridgehead atoms. The summed E-state index contributed by atoms with van der Waals surface area (Å²) in [6.07, 6.45) is 10.6. The van der Waals surface area contributed by atoms with Crippen LogP contribution in [0.4, 0.5) is 0 Å². The molecular formula is C13H24O. The molecule has 0 N–H and O–H groups in total. The van der Waals surface area contributed by atoms with Crippen molar-refractivity contribution in [2.45, 2.75) is 59.3 Å². The summed E-state index contributed by atoms with van der Waals surface area (Å²) in [5.41, 5.74) is 0.866. The molecule has 0 aromatic rings. The number of unbranched alkanes of at least 4 members (excludes halogenated alkanes) is 2. The standard InChI is InChI=1S/C13H24O/c1-4-5-6-8-12(2)9-7-10-13(3)11-14/h10-12H,4-9H2,1-3H3. The third-order valence-electron chi connectivity index (χ3n) is 2.61. The molecule has 0 saturated carbocycles. The lowest BCUT2D eigenvalue weighted by Crippen LogP contribution is -1.94. The first-order valence-electron chi connectivity index (χ1n) is 5.82. The lowest BCUT2D eigenvalue weighted by atomic mass is 9.98. The second-order valence-corrected chi connectivity index (χ2v) is 4.24. The monoisotopic (exact) mass is 196 g/mol. The Kier molecular flexibility index (Phi) is 8.61. The van der Waals surface area contributed by atoms with E-state index in [4.69, 9.17) is 0 Å². The highest BCUT2D eigenvalue weighted by Gasteiger charge is 2.00. The highest BCUT2D eigenvalue weighted by Crippen LogP contribution is 2.15. The van der Waals surface area contributed by atoms with Gasteiger partial charge in [-0.1, -0.05) is 45.6 Å². The normalized spacial score (nSPS) is 14.1. The average Bonchev–Trinajstić information content (AvgIpc) is 2.18. The maximum absolute atomic E-state index is 10.3. The van der Waals surface area contributed by atoms with Gasteiger partial charge in [-0.25, -0.2) is 0 Å². The van der Waals surface area contributed by atoms with Crippen LogP contribution in [-0.2, 0) is 4.79 Å². The van der Waals surface area contributed by atoms with E-state index >= 15 is 0 Å². The van der Waals surface area contributed by atoms with Crippen molar-refractivity contribution in [2.75, 3.05) is 0 Å². The van der Waals surface area contributed by atoms with E-state index in [9.17, 15) is 4.79 Å². The lowest BCUT2D eigenvalue weighted by Gasteiger charge is -2.08. The second kappa shape index (κ2) is 8.98. The summed E-state index contributed by atoms with van der Waals surface area (Å²) in [5, 5.41) is 0. The molecule has 0 spiro atoms. The first-order chi connectivity index (χ1) is 6.70. The average molecular weight is 196 g/mol. The van der Waals surface area contributed by atoms with E-state index in [1.807, 2.05) is 13.0 Å². The van der Waals surface area contributed by atoms with E-state index < -0.39 is 0 Å². The number of rotatable bonds is 8. The molecule has 0 aliphatic carbocycles. The number of hydrogen-bond donors (Lipinski definition) is 0. The zero-order valence-corrected chi connectivity index (χ0v) is 9.88. The van der Waals surface area contributed by atoms with Gasteiger partial charge in [-0.3, -0.25) is 4.79 Å². The van der Waals surface area contributed by atoms with E-state index in [1.165, 1.54) is 32.1 Å². The maximum Gasteiger partial charge on any atom is 0.145 e. The molecule has 0 aliphatic heterocycles. The van der Waals surface area contributed by atoms with Crippen molar-refractivity contribution in [3.8, 4) is 0 Å². The van der Waals surface area contributed by atoms with Gasteiger partial charge in [0.25, 0.3) is 0 Å². The Morgan fingerprint density at radius 3 is 2.57 bits per heavy atom. The highest BCUT2D eigenvalue weighted by atomic mass is 16.1. The minimum Gasteiger partial charge on any atom is -0.298 e. The second-order valence-electron chi connectivity index (χ2n) is 4.24. The minimum absolute atomic E-state index is 0.803. The molecule has 1 heteroatoms. The zero-order valence-electron chi connectivity index (χ0n) is 9.88. The van der Waals surface area contributed by atoms with Crippen LogP contribution < -0.4 is 0 Å². The van der Waals surface area contributed by atoms with E-state index in [1.54, 1.807) is 0 Å². The number of hydrogen-bond acceptors (Lipinski definition) is 1. The van der Waals surface area contributed by atoms with Crippen LogP contribution in [0.1, 0.15) is 59.3 Å². The molecule has 1 unspecified atom stereocenters. The van der Waals surface area contributed by atoms with Crippen LogP contribution >= 0.6 is 0 Å². The molecule has 82 valence electrons. The van der Waals surface area contributed by atoms with Crippen LogP contribution in [0.5, 0.6) is 0 Å². The van der Waals surface area contributed by atoms with Gasteiger partial charge in [-0.05, 0) is 31.3 Å². The fourth-order valence-electron chi connectivity index (χ4n) is 1.53. The molecule has 0 fully saturated rings. The number of carbonyl (C=O) groups is 1. The van der Waals surface area contributed by atoms with Crippen molar-refractivity contribution in [1.29, 1.82) is 0 Å². The van der Waals surface area contributed by atoms with Crippen molar-refractivity contribution in [3.05, 3.63) is 11.6 Å². The van der Waals surface area contributed by atoms with Crippen molar-refractivity contribution >= 4 is 6.29 Å². The first-order valence-corrected chi connectivity index (χ1v) is 5.82. The molecule has 0 rings (SSSR count). The minimum atomic E-state index is 0.803. The van der Waals surface area contributed by atoms with Crippen LogP contribution in [0, 0.1) is 5.92 Å². The zero-order chi connectivity index (χ0) is 10.8. The smallest absolute Gasteiger partial charge is 0.145 e. The van der Waals surface area contributed by atoms with Crippen molar-refractivity contribution in [1.82, 2.24) is 0 Å². The van der Waals surface area contributed by atoms with Crippen LogP contribution in [0.2, 0.25) is 0 Å².